The maximum absolute atomic E-state index is 14.9. The Morgan fingerprint density at radius 2 is 1.76 bits per heavy atom. The summed E-state index contributed by atoms with van der Waals surface area (Å²) in [5, 5.41) is 11.8. The van der Waals surface area contributed by atoms with Crippen LogP contribution in [0.15, 0.2) is 83.3 Å². The zero-order valence-corrected chi connectivity index (χ0v) is 30.9. The van der Waals surface area contributed by atoms with Gasteiger partial charge in [0.2, 0.25) is 5.91 Å². The third-order valence-corrected chi connectivity index (χ3v) is 14.3. The molecule has 5 atom stereocenters. The van der Waals surface area contributed by atoms with Gasteiger partial charge in [0, 0.05) is 39.1 Å². The second-order valence-electron chi connectivity index (χ2n) is 14.7. The predicted octanol–water partition coefficient (Wildman–Crippen LogP) is 6.61. The van der Waals surface area contributed by atoms with Crippen molar-refractivity contribution >= 4 is 69.8 Å². The number of ether oxygens (including phenoxy) is 1. The van der Waals surface area contributed by atoms with Crippen molar-refractivity contribution in [3.63, 3.8) is 0 Å². The van der Waals surface area contributed by atoms with Crippen molar-refractivity contribution in [2.75, 3.05) is 23.0 Å². The first-order valence-electron chi connectivity index (χ1n) is 17.3. The number of fused-ring (bicyclic) bond motifs is 2. The fourth-order valence-corrected chi connectivity index (χ4v) is 12.1. The van der Waals surface area contributed by atoms with Crippen molar-refractivity contribution in [3.05, 3.63) is 100 Å². The molecule has 0 saturated carbocycles. The van der Waals surface area contributed by atoms with Crippen molar-refractivity contribution in [2.45, 2.75) is 69.1 Å². The molecule has 258 valence electrons. The number of benzene rings is 4. The van der Waals surface area contributed by atoms with Crippen LogP contribution in [0, 0.1) is 5.92 Å². The standard InChI is InChI=1S/C39H40BrN3O6Si/c1-23-36(50(2,3)48)33(20-34(45)41-18-6-9-28(41)22-44)49-39(23)30-19-26(40)14-17-31(30)42(38(39)47)21-24-12-15-27(16-13-24)43-32-11-5-8-25-7-4-10-29(35(25)32)37(43)46/h4-5,7-8,10-17,19,23,28,33,36,44,48H,6,9,18,20-22H2,1-3H3/t23-,28-,33+,36-,39+/m0/s1. The molecule has 50 heavy (non-hydrogen) atoms. The summed E-state index contributed by atoms with van der Waals surface area (Å²) >= 11 is 3.61. The van der Waals surface area contributed by atoms with E-state index in [4.69, 9.17) is 4.74 Å². The highest BCUT2D eigenvalue weighted by atomic mass is 79.9. The summed E-state index contributed by atoms with van der Waals surface area (Å²) < 4.78 is 7.69. The third-order valence-electron chi connectivity index (χ3n) is 11.3. The average molecular weight is 755 g/mol. The Bertz CT molecular complexity index is 2040. The van der Waals surface area contributed by atoms with Gasteiger partial charge < -0.3 is 24.4 Å². The lowest BCUT2D eigenvalue weighted by molar-refractivity contribution is -0.150. The molecule has 4 aromatic rings. The van der Waals surface area contributed by atoms with Crippen LogP contribution >= 0.6 is 15.9 Å². The lowest BCUT2D eigenvalue weighted by atomic mass is 9.82. The fourth-order valence-electron chi connectivity index (χ4n) is 9.15. The molecule has 0 aliphatic carbocycles. The monoisotopic (exact) mass is 753 g/mol. The van der Waals surface area contributed by atoms with Gasteiger partial charge in [0.15, 0.2) is 13.9 Å². The van der Waals surface area contributed by atoms with Crippen molar-refractivity contribution in [2.24, 2.45) is 5.92 Å². The zero-order valence-electron chi connectivity index (χ0n) is 28.3. The normalized spacial score (nSPS) is 25.8. The third kappa shape index (κ3) is 5.00. The largest absolute Gasteiger partial charge is 0.432 e. The molecular weight excluding hydrogens is 714 g/mol. The molecule has 2 N–H and O–H groups in total. The van der Waals surface area contributed by atoms with E-state index in [0.717, 1.165) is 56.3 Å². The molecule has 4 aliphatic heterocycles. The number of carbonyl (C=O) groups excluding carboxylic acids is 3. The number of hydrogen-bond donors (Lipinski definition) is 2. The Labute approximate surface area is 300 Å². The SMILES string of the molecule is C[C@H]1[C@H]([Si](C)(C)O)[C@@H](CC(=O)N2CCC[C@H]2CO)O[C@]12C(=O)N(Cc1ccc(N3C(=O)c4cccc5cccc3c45)cc1)c1ccc(Br)cc12. The number of halogens is 1. The molecule has 4 aliphatic rings. The molecular formula is C39H40BrN3O6Si. The molecule has 0 aromatic heterocycles. The summed E-state index contributed by atoms with van der Waals surface area (Å²) in [6.07, 6.45) is 0.965. The van der Waals surface area contributed by atoms with Crippen LogP contribution in [0.25, 0.3) is 10.8 Å². The number of nitrogens with zero attached hydrogens (tertiary/aromatic N) is 3. The van der Waals surface area contributed by atoms with Crippen molar-refractivity contribution in [3.8, 4) is 0 Å². The van der Waals surface area contributed by atoms with E-state index >= 15 is 0 Å². The number of aliphatic hydroxyl groups excluding tert-OH is 1. The summed E-state index contributed by atoms with van der Waals surface area (Å²) in [6.45, 7) is 6.44. The van der Waals surface area contributed by atoms with Gasteiger partial charge in [-0.25, -0.2) is 0 Å². The summed E-state index contributed by atoms with van der Waals surface area (Å²) in [5.74, 6) is -0.807. The number of amides is 3. The molecule has 11 heteroatoms. The van der Waals surface area contributed by atoms with Gasteiger partial charge in [0.25, 0.3) is 11.8 Å². The maximum Gasteiger partial charge on any atom is 0.264 e. The van der Waals surface area contributed by atoms with E-state index in [1.54, 1.807) is 14.7 Å². The smallest absolute Gasteiger partial charge is 0.264 e. The van der Waals surface area contributed by atoms with E-state index in [1.165, 1.54) is 0 Å². The summed E-state index contributed by atoms with van der Waals surface area (Å²) in [7, 11) is -2.96. The maximum atomic E-state index is 14.9. The minimum Gasteiger partial charge on any atom is -0.432 e. The van der Waals surface area contributed by atoms with Gasteiger partial charge in [-0.1, -0.05) is 59.3 Å². The van der Waals surface area contributed by atoms with Gasteiger partial charge in [-0.15, -0.1) is 0 Å². The highest BCUT2D eigenvalue weighted by Gasteiger charge is 2.66. The molecule has 0 unspecified atom stereocenters. The number of carbonyl (C=O) groups is 3. The summed E-state index contributed by atoms with van der Waals surface area (Å²) in [5.41, 5.74) is 2.86. The molecule has 9 nitrogen and oxygen atoms in total. The Balaban J connectivity index is 1.10. The van der Waals surface area contributed by atoms with E-state index < -0.39 is 25.9 Å². The minimum atomic E-state index is -2.96. The Kier molecular flexibility index (Phi) is 8.07. The lowest BCUT2D eigenvalue weighted by Crippen LogP contribution is -2.46. The van der Waals surface area contributed by atoms with Gasteiger partial charge in [0.05, 0.1) is 48.7 Å². The molecule has 8 rings (SSSR count). The Morgan fingerprint density at radius 1 is 1.02 bits per heavy atom. The Hall–Kier alpha value is -3.87. The van der Waals surface area contributed by atoms with E-state index in [-0.39, 0.29) is 48.9 Å². The van der Waals surface area contributed by atoms with Crippen LogP contribution in [0.2, 0.25) is 18.6 Å². The van der Waals surface area contributed by atoms with E-state index in [1.807, 2.05) is 98.9 Å². The summed E-state index contributed by atoms with van der Waals surface area (Å²) in [4.78, 5) is 58.9. The topological polar surface area (TPSA) is 111 Å². The van der Waals surface area contributed by atoms with Crippen molar-refractivity contribution < 1.29 is 29.0 Å². The highest BCUT2D eigenvalue weighted by molar-refractivity contribution is 9.10. The van der Waals surface area contributed by atoms with Crippen molar-refractivity contribution in [1.82, 2.24) is 4.90 Å². The molecule has 4 heterocycles. The van der Waals surface area contributed by atoms with Gasteiger partial charge in [-0.3, -0.25) is 19.3 Å². The number of rotatable bonds is 7. The first kappa shape index (κ1) is 33.3. The van der Waals surface area contributed by atoms with Crippen LogP contribution in [0.3, 0.4) is 0 Å². The lowest BCUT2D eigenvalue weighted by Gasteiger charge is -2.33. The number of anilines is 3. The van der Waals surface area contributed by atoms with Gasteiger partial charge in [0.1, 0.15) is 0 Å². The van der Waals surface area contributed by atoms with E-state index in [2.05, 4.69) is 15.9 Å². The number of likely N-dealkylation sites (tertiary alicyclic amines) is 1. The van der Waals surface area contributed by atoms with E-state index in [9.17, 15) is 24.3 Å². The molecule has 2 fully saturated rings. The number of hydrogen-bond acceptors (Lipinski definition) is 6. The second-order valence-corrected chi connectivity index (χ2v) is 19.6. The second kappa shape index (κ2) is 12.1. The first-order valence-corrected chi connectivity index (χ1v) is 21.1. The minimum absolute atomic E-state index is 0.0368. The number of aliphatic hydroxyl groups is 1. The van der Waals surface area contributed by atoms with E-state index in [0.29, 0.717) is 12.1 Å². The van der Waals surface area contributed by atoms with Crippen LogP contribution in [0.5, 0.6) is 0 Å². The molecule has 1 spiro atoms. The van der Waals surface area contributed by atoms with Gasteiger partial charge in [-0.05, 0) is 79.3 Å². The molecule has 4 aromatic carbocycles. The van der Waals surface area contributed by atoms with Gasteiger partial charge >= 0.3 is 0 Å². The van der Waals surface area contributed by atoms with Crippen molar-refractivity contribution in [1.29, 1.82) is 0 Å². The first-order chi connectivity index (χ1) is 23.9. The highest BCUT2D eigenvalue weighted by Crippen LogP contribution is 2.60. The van der Waals surface area contributed by atoms with Crippen LogP contribution in [0.1, 0.15) is 47.7 Å². The quantitative estimate of drug-likeness (QED) is 0.206. The van der Waals surface area contributed by atoms with Crippen LogP contribution in [-0.2, 0) is 26.5 Å². The van der Waals surface area contributed by atoms with Crippen LogP contribution < -0.4 is 9.80 Å². The molecule has 3 amide bonds. The Morgan fingerprint density at radius 3 is 2.48 bits per heavy atom. The van der Waals surface area contributed by atoms with Gasteiger partial charge in [-0.2, -0.15) is 0 Å². The van der Waals surface area contributed by atoms with Crippen LogP contribution in [0.4, 0.5) is 17.1 Å². The molecule has 0 radical (unpaired) electrons. The summed E-state index contributed by atoms with van der Waals surface area (Å²) in [6, 6.07) is 25.0. The average Bonchev–Trinajstić information content (AvgIpc) is 3.82. The fraction of sp³-hybridized carbons (Fsp3) is 0.359. The molecule has 0 bridgehead atoms. The molecule has 2 saturated heterocycles. The zero-order chi connectivity index (χ0) is 35.1. The van der Waals surface area contributed by atoms with Crippen LogP contribution in [-0.4, -0.2) is 66.1 Å². The predicted molar refractivity (Wildman–Crippen MR) is 198 cm³/mol.